The number of hydrogen-bond donors (Lipinski definition) is 1. The van der Waals surface area contributed by atoms with Gasteiger partial charge in [-0.15, -0.1) is 0 Å². The van der Waals surface area contributed by atoms with Crippen LogP contribution in [0.2, 0.25) is 15.1 Å². The van der Waals surface area contributed by atoms with E-state index in [1.165, 1.54) is 0 Å². The molecule has 0 amide bonds. The van der Waals surface area contributed by atoms with Gasteiger partial charge in [0.15, 0.2) is 0 Å². The van der Waals surface area contributed by atoms with Crippen LogP contribution >= 0.6 is 34.8 Å². The molecule has 1 N–H and O–H groups in total. The van der Waals surface area contributed by atoms with E-state index in [-0.39, 0.29) is 0 Å². The van der Waals surface area contributed by atoms with Gasteiger partial charge in [-0.3, -0.25) is 0 Å². The summed E-state index contributed by atoms with van der Waals surface area (Å²) in [5, 5.41) is 12.3. The van der Waals surface area contributed by atoms with Gasteiger partial charge in [0, 0.05) is 27.1 Å². The maximum absolute atomic E-state index is 10.7. The Labute approximate surface area is 127 Å². The number of rotatable bonds is 3. The molecule has 1 unspecified atom stereocenters. The van der Waals surface area contributed by atoms with Gasteiger partial charge in [-0.1, -0.05) is 59.1 Å². The Hall–Kier alpha value is -0.730. The maximum Gasteiger partial charge on any atom is 0.0924 e. The highest BCUT2D eigenvalue weighted by atomic mass is 35.5. The summed E-state index contributed by atoms with van der Waals surface area (Å²) in [6.45, 7) is 1.70. The molecule has 2 aromatic carbocycles. The van der Waals surface area contributed by atoms with Gasteiger partial charge in [-0.25, -0.2) is 0 Å². The zero-order valence-corrected chi connectivity index (χ0v) is 12.6. The molecule has 0 bridgehead atoms. The lowest BCUT2D eigenvalue weighted by Gasteiger charge is -2.26. The summed E-state index contributed by atoms with van der Waals surface area (Å²) in [4.78, 5) is 0. The predicted molar refractivity (Wildman–Crippen MR) is 81.2 cm³/mol. The highest BCUT2D eigenvalue weighted by Gasteiger charge is 2.27. The average Bonchev–Trinajstić information content (AvgIpc) is 2.34. The third-order valence-corrected chi connectivity index (χ3v) is 4.07. The van der Waals surface area contributed by atoms with Crippen molar-refractivity contribution in [1.29, 1.82) is 0 Å². The predicted octanol–water partition coefficient (Wildman–Crippen LogP) is 5.10. The van der Waals surface area contributed by atoms with Gasteiger partial charge in [0.2, 0.25) is 0 Å². The van der Waals surface area contributed by atoms with Gasteiger partial charge in [-0.05, 0) is 30.7 Å². The average molecular weight is 316 g/mol. The van der Waals surface area contributed by atoms with Gasteiger partial charge in [0.1, 0.15) is 0 Å². The van der Waals surface area contributed by atoms with E-state index in [0.29, 0.717) is 27.1 Å². The third-order valence-electron chi connectivity index (χ3n) is 3.04. The van der Waals surface area contributed by atoms with Crippen LogP contribution in [0.1, 0.15) is 18.1 Å². The minimum absolute atomic E-state index is 0.301. The summed E-state index contributed by atoms with van der Waals surface area (Å²) in [6.07, 6.45) is 0.301. The van der Waals surface area contributed by atoms with Crippen LogP contribution < -0.4 is 0 Å². The molecule has 19 heavy (non-hydrogen) atoms. The van der Waals surface area contributed by atoms with Crippen LogP contribution in [0.4, 0.5) is 0 Å². The lowest BCUT2D eigenvalue weighted by molar-refractivity contribution is 0.0578. The Kier molecular flexibility index (Phi) is 4.42. The first-order chi connectivity index (χ1) is 8.92. The van der Waals surface area contributed by atoms with E-state index in [1.54, 1.807) is 37.3 Å². The monoisotopic (exact) mass is 314 g/mol. The molecule has 1 atom stereocenters. The summed E-state index contributed by atoms with van der Waals surface area (Å²) in [6, 6.07) is 12.5. The number of aliphatic hydroxyl groups is 1. The molecule has 0 aromatic heterocycles. The minimum Gasteiger partial charge on any atom is -0.385 e. The summed E-state index contributed by atoms with van der Waals surface area (Å²) < 4.78 is 0. The molecule has 1 nitrogen and oxygen atoms in total. The summed E-state index contributed by atoms with van der Waals surface area (Å²) >= 11 is 18.4. The zero-order chi connectivity index (χ0) is 14.0. The molecular formula is C15H13Cl3O. The second-order valence-corrected chi connectivity index (χ2v) is 5.85. The van der Waals surface area contributed by atoms with Gasteiger partial charge in [0.05, 0.1) is 5.60 Å². The molecule has 0 heterocycles. The molecule has 2 rings (SSSR count). The van der Waals surface area contributed by atoms with Crippen LogP contribution in [0.25, 0.3) is 0 Å². The quantitative estimate of drug-likeness (QED) is 0.835. The SMILES string of the molecule is CC(O)(Cc1c(Cl)cccc1Cl)c1ccccc1Cl. The van der Waals surface area contributed by atoms with E-state index < -0.39 is 5.60 Å². The van der Waals surface area contributed by atoms with Gasteiger partial charge in [-0.2, -0.15) is 0 Å². The molecule has 4 heteroatoms. The summed E-state index contributed by atoms with van der Waals surface area (Å²) in [5.74, 6) is 0. The fourth-order valence-electron chi connectivity index (χ4n) is 2.04. The molecule has 0 saturated carbocycles. The molecule has 0 radical (unpaired) electrons. The smallest absolute Gasteiger partial charge is 0.0924 e. The lowest BCUT2D eigenvalue weighted by atomic mass is 9.89. The van der Waals surface area contributed by atoms with Crippen molar-refractivity contribution < 1.29 is 5.11 Å². The Bertz CT molecular complexity index is 573. The van der Waals surface area contributed by atoms with E-state index in [0.717, 1.165) is 5.56 Å². The van der Waals surface area contributed by atoms with E-state index >= 15 is 0 Å². The molecule has 0 aliphatic rings. The van der Waals surface area contributed by atoms with Crippen LogP contribution in [0, 0.1) is 0 Å². The fourth-order valence-corrected chi connectivity index (χ4v) is 2.91. The van der Waals surface area contributed by atoms with Crippen molar-refractivity contribution in [3.05, 3.63) is 68.7 Å². The standard InChI is InChI=1S/C15H13Cl3O/c1-15(19,11-5-2-3-6-14(11)18)9-10-12(16)7-4-8-13(10)17/h2-8,19H,9H2,1H3. The molecule has 100 valence electrons. The van der Waals surface area contributed by atoms with E-state index in [1.807, 2.05) is 12.1 Å². The molecule has 0 fully saturated rings. The van der Waals surface area contributed by atoms with Crippen molar-refractivity contribution in [3.63, 3.8) is 0 Å². The van der Waals surface area contributed by atoms with E-state index in [2.05, 4.69) is 0 Å². The normalized spacial score (nSPS) is 14.2. The second-order valence-electron chi connectivity index (χ2n) is 4.63. The minimum atomic E-state index is -1.13. The molecular weight excluding hydrogens is 303 g/mol. The van der Waals surface area contributed by atoms with Crippen LogP contribution in [0.5, 0.6) is 0 Å². The first-order valence-corrected chi connectivity index (χ1v) is 6.95. The van der Waals surface area contributed by atoms with Crippen molar-refractivity contribution in [2.24, 2.45) is 0 Å². The highest BCUT2D eigenvalue weighted by Crippen LogP contribution is 2.35. The van der Waals surface area contributed by atoms with Gasteiger partial charge in [0.25, 0.3) is 0 Å². The molecule has 2 aromatic rings. The number of halogens is 3. The van der Waals surface area contributed by atoms with Crippen molar-refractivity contribution in [2.45, 2.75) is 18.9 Å². The van der Waals surface area contributed by atoms with Crippen LogP contribution in [-0.2, 0) is 12.0 Å². The Morgan fingerprint density at radius 1 is 0.895 bits per heavy atom. The largest absolute Gasteiger partial charge is 0.385 e. The lowest BCUT2D eigenvalue weighted by Crippen LogP contribution is -2.25. The Morgan fingerprint density at radius 2 is 1.42 bits per heavy atom. The molecule has 0 aliphatic heterocycles. The first-order valence-electron chi connectivity index (χ1n) is 5.82. The Balaban J connectivity index is 2.39. The summed E-state index contributed by atoms with van der Waals surface area (Å²) in [5.41, 5.74) is 0.246. The third kappa shape index (κ3) is 3.24. The summed E-state index contributed by atoms with van der Waals surface area (Å²) in [7, 11) is 0. The van der Waals surface area contributed by atoms with Crippen molar-refractivity contribution >= 4 is 34.8 Å². The van der Waals surface area contributed by atoms with Gasteiger partial charge < -0.3 is 5.11 Å². The topological polar surface area (TPSA) is 20.2 Å². The van der Waals surface area contributed by atoms with Crippen LogP contribution in [-0.4, -0.2) is 5.11 Å². The number of hydrogen-bond acceptors (Lipinski definition) is 1. The highest BCUT2D eigenvalue weighted by molar-refractivity contribution is 6.36. The van der Waals surface area contributed by atoms with Crippen molar-refractivity contribution in [3.8, 4) is 0 Å². The second kappa shape index (κ2) is 5.72. The number of benzene rings is 2. The zero-order valence-electron chi connectivity index (χ0n) is 10.3. The maximum atomic E-state index is 10.7. The fraction of sp³-hybridized carbons (Fsp3) is 0.200. The van der Waals surface area contributed by atoms with Crippen LogP contribution in [0.3, 0.4) is 0 Å². The van der Waals surface area contributed by atoms with Crippen molar-refractivity contribution in [1.82, 2.24) is 0 Å². The van der Waals surface area contributed by atoms with Crippen LogP contribution in [0.15, 0.2) is 42.5 Å². The van der Waals surface area contributed by atoms with Gasteiger partial charge >= 0.3 is 0 Å². The molecule has 0 saturated heterocycles. The van der Waals surface area contributed by atoms with Crippen molar-refractivity contribution in [2.75, 3.05) is 0 Å². The molecule has 0 aliphatic carbocycles. The van der Waals surface area contributed by atoms with E-state index in [4.69, 9.17) is 34.8 Å². The molecule has 0 spiro atoms. The Morgan fingerprint density at radius 3 is 2.00 bits per heavy atom. The first kappa shape index (κ1) is 14.7. The van der Waals surface area contributed by atoms with E-state index in [9.17, 15) is 5.11 Å².